The zero-order valence-electron chi connectivity index (χ0n) is 17.0. The summed E-state index contributed by atoms with van der Waals surface area (Å²) in [5.74, 6) is -0.669. The third-order valence-electron chi connectivity index (χ3n) is 5.95. The molecule has 1 aliphatic heterocycles. The van der Waals surface area contributed by atoms with Gasteiger partial charge in [0.1, 0.15) is 12.1 Å². The smallest absolute Gasteiger partial charge is 0.325 e. The second-order valence-electron chi connectivity index (χ2n) is 7.90. The number of imide groups is 1. The van der Waals surface area contributed by atoms with Crippen LogP contribution in [0.4, 0.5) is 4.79 Å². The second-order valence-corrected chi connectivity index (χ2v) is 9.70. The van der Waals surface area contributed by atoms with Crippen LogP contribution >= 0.6 is 22.9 Å². The summed E-state index contributed by atoms with van der Waals surface area (Å²) in [6.45, 7) is 4.17. The molecule has 30 heavy (non-hydrogen) atoms. The van der Waals surface area contributed by atoms with Gasteiger partial charge in [-0.25, -0.2) is 4.79 Å². The van der Waals surface area contributed by atoms with Gasteiger partial charge in [0.2, 0.25) is 5.91 Å². The molecule has 0 radical (unpaired) electrons. The quantitative estimate of drug-likeness (QED) is 0.689. The van der Waals surface area contributed by atoms with Gasteiger partial charge in [-0.3, -0.25) is 14.5 Å². The summed E-state index contributed by atoms with van der Waals surface area (Å²) in [6, 6.07) is 9.10. The molecule has 1 fully saturated rings. The number of thiophene rings is 1. The Morgan fingerprint density at radius 2 is 2.00 bits per heavy atom. The van der Waals surface area contributed by atoms with Crippen molar-refractivity contribution in [2.75, 3.05) is 13.1 Å². The van der Waals surface area contributed by atoms with Crippen molar-refractivity contribution in [1.29, 1.82) is 0 Å². The molecule has 6 nitrogen and oxygen atoms in total. The van der Waals surface area contributed by atoms with Crippen LogP contribution in [-0.2, 0) is 34.5 Å². The van der Waals surface area contributed by atoms with Crippen molar-refractivity contribution in [2.45, 2.75) is 45.2 Å². The normalized spacial score (nSPS) is 20.4. The molecule has 2 aliphatic rings. The van der Waals surface area contributed by atoms with E-state index in [9.17, 15) is 14.4 Å². The van der Waals surface area contributed by atoms with Crippen molar-refractivity contribution in [2.24, 2.45) is 0 Å². The average molecular weight is 446 g/mol. The van der Waals surface area contributed by atoms with E-state index in [2.05, 4.69) is 5.32 Å². The number of carbonyl (C=O) groups is 3. The SMILES string of the molecule is CCN(Cc1ccc(Cl)s1)C(=O)CN1C(=O)N[C@@](C)(c2ccc3c(c2)CCC3)C1=O. The molecule has 8 heteroatoms. The first-order valence-electron chi connectivity index (χ1n) is 10.1. The van der Waals surface area contributed by atoms with Gasteiger partial charge in [-0.15, -0.1) is 11.3 Å². The van der Waals surface area contributed by atoms with Crippen molar-refractivity contribution in [3.05, 3.63) is 56.2 Å². The monoisotopic (exact) mass is 445 g/mol. The number of urea groups is 1. The van der Waals surface area contributed by atoms with Gasteiger partial charge in [0.05, 0.1) is 10.9 Å². The third kappa shape index (κ3) is 3.72. The van der Waals surface area contributed by atoms with Crippen molar-refractivity contribution in [3.8, 4) is 0 Å². The van der Waals surface area contributed by atoms with Crippen LogP contribution in [0.2, 0.25) is 4.34 Å². The van der Waals surface area contributed by atoms with E-state index in [1.54, 1.807) is 17.9 Å². The number of halogens is 1. The minimum absolute atomic E-state index is 0.274. The van der Waals surface area contributed by atoms with E-state index in [0.717, 1.165) is 34.6 Å². The zero-order chi connectivity index (χ0) is 21.5. The molecule has 4 amide bonds. The van der Waals surface area contributed by atoms with Crippen LogP contribution in [0.15, 0.2) is 30.3 Å². The number of carbonyl (C=O) groups excluding carboxylic acids is 3. The molecule has 2 heterocycles. The van der Waals surface area contributed by atoms with E-state index < -0.39 is 17.5 Å². The first-order valence-corrected chi connectivity index (χ1v) is 11.3. The summed E-state index contributed by atoms with van der Waals surface area (Å²) >= 11 is 7.39. The number of nitrogens with zero attached hydrogens (tertiary/aromatic N) is 2. The molecule has 0 bridgehead atoms. The van der Waals surface area contributed by atoms with Gasteiger partial charge < -0.3 is 10.2 Å². The lowest BCUT2D eigenvalue weighted by molar-refractivity contribution is -0.139. The van der Waals surface area contributed by atoms with Crippen molar-refractivity contribution < 1.29 is 14.4 Å². The maximum atomic E-state index is 13.2. The molecule has 1 aromatic carbocycles. The molecule has 0 saturated carbocycles. The number of fused-ring (bicyclic) bond motifs is 1. The summed E-state index contributed by atoms with van der Waals surface area (Å²) in [4.78, 5) is 42.3. The Kier molecular flexibility index (Phi) is 5.59. The fourth-order valence-electron chi connectivity index (χ4n) is 4.16. The lowest BCUT2D eigenvalue weighted by atomic mass is 9.89. The molecular formula is C22H24ClN3O3S. The van der Waals surface area contributed by atoms with Crippen molar-refractivity contribution in [1.82, 2.24) is 15.1 Å². The lowest BCUT2D eigenvalue weighted by Gasteiger charge is -2.24. The number of nitrogens with one attached hydrogen (secondary N) is 1. The molecule has 1 N–H and O–H groups in total. The maximum Gasteiger partial charge on any atom is 0.325 e. The fourth-order valence-corrected chi connectivity index (χ4v) is 5.26. The number of rotatable bonds is 6. The van der Waals surface area contributed by atoms with Crippen LogP contribution in [0.3, 0.4) is 0 Å². The third-order valence-corrected chi connectivity index (χ3v) is 7.17. The maximum absolute atomic E-state index is 13.2. The summed E-state index contributed by atoms with van der Waals surface area (Å²) < 4.78 is 0.660. The van der Waals surface area contributed by atoms with E-state index in [4.69, 9.17) is 11.6 Å². The number of hydrogen-bond acceptors (Lipinski definition) is 4. The van der Waals surface area contributed by atoms with Crippen LogP contribution in [0.25, 0.3) is 0 Å². The average Bonchev–Trinajstić information content (AvgIpc) is 3.41. The minimum Gasteiger partial charge on any atom is -0.336 e. The molecule has 1 aliphatic carbocycles. The second kappa shape index (κ2) is 8.04. The molecule has 1 aromatic heterocycles. The summed E-state index contributed by atoms with van der Waals surface area (Å²) in [6.07, 6.45) is 3.15. The summed E-state index contributed by atoms with van der Waals surface area (Å²) in [5.41, 5.74) is 2.14. The number of benzene rings is 1. The van der Waals surface area contributed by atoms with Crippen LogP contribution < -0.4 is 5.32 Å². The number of likely N-dealkylation sites (N-methyl/N-ethyl adjacent to an activating group) is 1. The van der Waals surface area contributed by atoms with Gasteiger partial charge in [0.15, 0.2) is 0 Å². The first kappa shape index (κ1) is 20.9. The largest absolute Gasteiger partial charge is 0.336 e. The van der Waals surface area contributed by atoms with Gasteiger partial charge in [-0.1, -0.05) is 29.8 Å². The molecule has 1 saturated heterocycles. The molecule has 0 unspecified atom stereocenters. The Morgan fingerprint density at radius 3 is 2.70 bits per heavy atom. The predicted molar refractivity (Wildman–Crippen MR) is 116 cm³/mol. The predicted octanol–water partition coefficient (Wildman–Crippen LogP) is 3.71. The Balaban J connectivity index is 1.50. The highest BCUT2D eigenvalue weighted by Gasteiger charge is 2.49. The highest BCUT2D eigenvalue weighted by molar-refractivity contribution is 7.16. The molecule has 1 atom stereocenters. The van der Waals surface area contributed by atoms with Crippen LogP contribution in [0.5, 0.6) is 0 Å². The van der Waals surface area contributed by atoms with E-state index in [-0.39, 0.29) is 12.5 Å². The highest BCUT2D eigenvalue weighted by Crippen LogP contribution is 2.32. The van der Waals surface area contributed by atoms with Gasteiger partial charge in [0.25, 0.3) is 5.91 Å². The van der Waals surface area contributed by atoms with E-state index in [1.807, 2.05) is 31.2 Å². The van der Waals surface area contributed by atoms with Crippen molar-refractivity contribution >= 4 is 40.8 Å². The fraction of sp³-hybridized carbons (Fsp3) is 0.409. The Morgan fingerprint density at radius 1 is 1.23 bits per heavy atom. The molecule has 4 rings (SSSR count). The van der Waals surface area contributed by atoms with Gasteiger partial charge in [0, 0.05) is 11.4 Å². The number of aryl methyl sites for hydroxylation is 2. The number of hydrogen-bond donors (Lipinski definition) is 1. The Labute approximate surface area is 184 Å². The van der Waals surface area contributed by atoms with Crippen molar-refractivity contribution in [3.63, 3.8) is 0 Å². The number of amides is 4. The van der Waals surface area contributed by atoms with E-state index >= 15 is 0 Å². The zero-order valence-corrected chi connectivity index (χ0v) is 18.6. The first-order chi connectivity index (χ1) is 14.3. The summed E-state index contributed by atoms with van der Waals surface area (Å²) in [7, 11) is 0. The Hall–Kier alpha value is -2.38. The van der Waals surface area contributed by atoms with Gasteiger partial charge in [-0.05, 0) is 61.9 Å². The van der Waals surface area contributed by atoms with Gasteiger partial charge in [-0.2, -0.15) is 0 Å². The highest BCUT2D eigenvalue weighted by atomic mass is 35.5. The standard InChI is InChI=1S/C22H24ClN3O3S/c1-3-25(12-17-9-10-18(23)30-17)19(27)13-26-20(28)22(2,24-21(26)29)16-8-7-14-5-4-6-15(14)11-16/h7-11H,3-6,12-13H2,1-2H3,(H,24,29)/t22-/m0/s1. The molecule has 0 spiro atoms. The lowest BCUT2D eigenvalue weighted by Crippen LogP contribution is -2.44. The Bertz CT molecular complexity index is 1020. The topological polar surface area (TPSA) is 69.7 Å². The van der Waals surface area contributed by atoms with Crippen LogP contribution in [0, 0.1) is 0 Å². The van der Waals surface area contributed by atoms with E-state index in [1.165, 1.54) is 22.5 Å². The molecule has 2 aromatic rings. The van der Waals surface area contributed by atoms with E-state index in [0.29, 0.717) is 17.4 Å². The molecular weight excluding hydrogens is 422 g/mol. The molecule has 158 valence electrons. The van der Waals surface area contributed by atoms with Crippen LogP contribution in [-0.4, -0.2) is 40.7 Å². The summed E-state index contributed by atoms with van der Waals surface area (Å²) in [5, 5.41) is 2.80. The minimum atomic E-state index is -1.16. The van der Waals surface area contributed by atoms with Crippen LogP contribution in [0.1, 0.15) is 41.8 Å². The van der Waals surface area contributed by atoms with Gasteiger partial charge >= 0.3 is 6.03 Å².